The number of amides is 1. The molecule has 0 aliphatic heterocycles. The lowest BCUT2D eigenvalue weighted by atomic mass is 9.66. The van der Waals surface area contributed by atoms with E-state index in [9.17, 15) is 4.79 Å². The van der Waals surface area contributed by atoms with Gasteiger partial charge in [0.25, 0.3) is 0 Å². The van der Waals surface area contributed by atoms with Crippen LogP contribution in [0.3, 0.4) is 0 Å². The van der Waals surface area contributed by atoms with Crippen LogP contribution in [0.15, 0.2) is 0 Å². The van der Waals surface area contributed by atoms with Crippen LogP contribution in [0.1, 0.15) is 58.3 Å². The van der Waals surface area contributed by atoms with E-state index in [4.69, 9.17) is 5.73 Å². The van der Waals surface area contributed by atoms with Gasteiger partial charge in [-0.15, -0.1) is 0 Å². The van der Waals surface area contributed by atoms with Crippen LogP contribution in [0.25, 0.3) is 0 Å². The number of hydrogen-bond acceptors (Lipinski definition) is 2. The second kappa shape index (κ2) is 5.38. The second-order valence-electron chi connectivity index (χ2n) is 6.14. The Morgan fingerprint density at radius 3 is 2.47 bits per heavy atom. The molecule has 0 aromatic heterocycles. The summed E-state index contributed by atoms with van der Waals surface area (Å²) in [5, 5.41) is 3.19. The van der Waals surface area contributed by atoms with E-state index in [1.54, 1.807) is 0 Å². The number of nitrogens with one attached hydrogen (secondary N) is 1. The molecule has 2 aliphatic rings. The predicted octanol–water partition coefficient (Wildman–Crippen LogP) is 2.20. The Bertz CT molecular complexity index is 262. The third kappa shape index (κ3) is 3.01. The molecular weight excluding hydrogens is 212 g/mol. The summed E-state index contributed by atoms with van der Waals surface area (Å²) in [7, 11) is 0. The van der Waals surface area contributed by atoms with Gasteiger partial charge in [-0.2, -0.15) is 0 Å². The molecule has 0 radical (unpaired) electrons. The van der Waals surface area contributed by atoms with Gasteiger partial charge in [-0.1, -0.05) is 19.3 Å². The molecule has 3 nitrogen and oxygen atoms in total. The number of nitrogens with two attached hydrogens (primary N) is 1. The SMILES string of the molecule is C[C@H](NC(=O)CC1(CN)CCC1)C1CCCC1. The molecule has 2 rings (SSSR count). The predicted molar refractivity (Wildman–Crippen MR) is 69.5 cm³/mol. The minimum Gasteiger partial charge on any atom is -0.353 e. The number of rotatable bonds is 5. The molecule has 0 heterocycles. The fourth-order valence-corrected chi connectivity index (χ4v) is 3.35. The van der Waals surface area contributed by atoms with Crippen LogP contribution in [-0.2, 0) is 4.79 Å². The summed E-state index contributed by atoms with van der Waals surface area (Å²) in [5.74, 6) is 0.920. The standard InChI is InChI=1S/C14H26N2O/c1-11(12-5-2-3-6-12)16-13(17)9-14(10-15)7-4-8-14/h11-12H,2-10,15H2,1H3,(H,16,17)/t11-/m0/s1. The first-order chi connectivity index (χ1) is 8.15. The highest BCUT2D eigenvalue weighted by Gasteiger charge is 2.38. The van der Waals surface area contributed by atoms with E-state index in [1.807, 2.05) is 0 Å². The van der Waals surface area contributed by atoms with Gasteiger partial charge in [0.05, 0.1) is 0 Å². The van der Waals surface area contributed by atoms with E-state index < -0.39 is 0 Å². The highest BCUT2D eigenvalue weighted by atomic mass is 16.1. The summed E-state index contributed by atoms with van der Waals surface area (Å²) in [5.41, 5.74) is 5.93. The molecule has 1 amide bonds. The van der Waals surface area contributed by atoms with Crippen molar-refractivity contribution >= 4 is 5.91 Å². The van der Waals surface area contributed by atoms with Crippen LogP contribution in [0.4, 0.5) is 0 Å². The van der Waals surface area contributed by atoms with Gasteiger partial charge in [-0.3, -0.25) is 4.79 Å². The van der Waals surface area contributed by atoms with Crippen LogP contribution < -0.4 is 11.1 Å². The minimum absolute atomic E-state index is 0.138. The van der Waals surface area contributed by atoms with Crippen molar-refractivity contribution in [3.05, 3.63) is 0 Å². The molecule has 2 saturated carbocycles. The summed E-state index contributed by atoms with van der Waals surface area (Å²) >= 11 is 0. The third-order valence-electron chi connectivity index (χ3n) is 4.88. The number of hydrogen-bond donors (Lipinski definition) is 2. The molecule has 0 unspecified atom stereocenters. The molecular formula is C14H26N2O. The van der Waals surface area contributed by atoms with Crippen molar-refractivity contribution in [1.82, 2.24) is 5.32 Å². The van der Waals surface area contributed by atoms with Crippen LogP contribution >= 0.6 is 0 Å². The van der Waals surface area contributed by atoms with Crippen molar-refractivity contribution in [2.24, 2.45) is 17.1 Å². The summed E-state index contributed by atoms with van der Waals surface area (Å²) in [4.78, 5) is 12.0. The molecule has 3 heteroatoms. The lowest BCUT2D eigenvalue weighted by Crippen LogP contribution is -2.45. The Morgan fingerprint density at radius 1 is 1.35 bits per heavy atom. The molecule has 0 saturated heterocycles. The van der Waals surface area contributed by atoms with Gasteiger partial charge in [0.15, 0.2) is 0 Å². The second-order valence-corrected chi connectivity index (χ2v) is 6.14. The molecule has 0 bridgehead atoms. The Labute approximate surface area is 105 Å². The molecule has 2 aliphatic carbocycles. The van der Waals surface area contributed by atoms with Gasteiger partial charge in [-0.05, 0) is 50.5 Å². The van der Waals surface area contributed by atoms with Gasteiger partial charge < -0.3 is 11.1 Å². The van der Waals surface area contributed by atoms with Crippen molar-refractivity contribution in [2.75, 3.05) is 6.54 Å². The van der Waals surface area contributed by atoms with Crippen LogP contribution in [-0.4, -0.2) is 18.5 Å². The van der Waals surface area contributed by atoms with Crippen molar-refractivity contribution in [3.63, 3.8) is 0 Å². The molecule has 98 valence electrons. The van der Waals surface area contributed by atoms with Crippen molar-refractivity contribution in [1.29, 1.82) is 0 Å². The normalized spacial score (nSPS) is 25.3. The average molecular weight is 238 g/mol. The first-order valence-corrected chi connectivity index (χ1v) is 7.15. The summed E-state index contributed by atoms with van der Waals surface area (Å²) in [6.07, 6.45) is 9.37. The zero-order valence-corrected chi connectivity index (χ0v) is 11.0. The lowest BCUT2D eigenvalue weighted by molar-refractivity contribution is -0.125. The fraction of sp³-hybridized carbons (Fsp3) is 0.929. The van der Waals surface area contributed by atoms with E-state index in [-0.39, 0.29) is 11.3 Å². The highest BCUT2D eigenvalue weighted by Crippen LogP contribution is 2.42. The maximum Gasteiger partial charge on any atom is 0.220 e. The van der Waals surface area contributed by atoms with E-state index in [2.05, 4.69) is 12.2 Å². The fourth-order valence-electron chi connectivity index (χ4n) is 3.35. The van der Waals surface area contributed by atoms with E-state index in [0.29, 0.717) is 24.9 Å². The van der Waals surface area contributed by atoms with Crippen LogP contribution in [0.5, 0.6) is 0 Å². The maximum atomic E-state index is 12.0. The Morgan fingerprint density at radius 2 is 2.00 bits per heavy atom. The number of carbonyl (C=O) groups excluding carboxylic acids is 1. The molecule has 1 atom stereocenters. The Hall–Kier alpha value is -0.570. The highest BCUT2D eigenvalue weighted by molar-refractivity contribution is 5.77. The molecule has 0 spiro atoms. The van der Waals surface area contributed by atoms with E-state index in [1.165, 1.54) is 32.1 Å². The van der Waals surface area contributed by atoms with Gasteiger partial charge >= 0.3 is 0 Å². The molecule has 2 fully saturated rings. The minimum atomic E-state index is 0.138. The third-order valence-corrected chi connectivity index (χ3v) is 4.88. The smallest absolute Gasteiger partial charge is 0.220 e. The number of carbonyl (C=O) groups is 1. The van der Waals surface area contributed by atoms with E-state index >= 15 is 0 Å². The van der Waals surface area contributed by atoms with E-state index in [0.717, 1.165) is 12.8 Å². The summed E-state index contributed by atoms with van der Waals surface area (Å²) in [6, 6.07) is 0.347. The quantitative estimate of drug-likeness (QED) is 0.771. The van der Waals surface area contributed by atoms with Crippen LogP contribution in [0, 0.1) is 11.3 Å². The zero-order valence-electron chi connectivity index (χ0n) is 11.0. The first kappa shape index (κ1) is 12.9. The molecule has 17 heavy (non-hydrogen) atoms. The maximum absolute atomic E-state index is 12.0. The zero-order chi connectivity index (χ0) is 12.3. The molecule has 0 aromatic carbocycles. The largest absolute Gasteiger partial charge is 0.353 e. The molecule has 3 N–H and O–H groups in total. The van der Waals surface area contributed by atoms with Crippen LogP contribution in [0.2, 0.25) is 0 Å². The Balaban J connectivity index is 1.76. The lowest BCUT2D eigenvalue weighted by Gasteiger charge is -2.40. The van der Waals surface area contributed by atoms with Crippen molar-refractivity contribution in [3.8, 4) is 0 Å². The Kier molecular flexibility index (Phi) is 4.08. The summed E-state index contributed by atoms with van der Waals surface area (Å²) in [6.45, 7) is 2.82. The average Bonchev–Trinajstić information content (AvgIpc) is 2.76. The first-order valence-electron chi connectivity index (χ1n) is 7.15. The van der Waals surface area contributed by atoms with Gasteiger partial charge in [0.1, 0.15) is 0 Å². The topological polar surface area (TPSA) is 55.1 Å². The van der Waals surface area contributed by atoms with Crippen molar-refractivity contribution < 1.29 is 4.79 Å². The van der Waals surface area contributed by atoms with Gasteiger partial charge in [-0.25, -0.2) is 0 Å². The monoisotopic (exact) mass is 238 g/mol. The van der Waals surface area contributed by atoms with Gasteiger partial charge in [0, 0.05) is 12.5 Å². The molecule has 0 aromatic rings. The summed E-state index contributed by atoms with van der Waals surface area (Å²) < 4.78 is 0. The van der Waals surface area contributed by atoms with Crippen molar-refractivity contribution in [2.45, 2.75) is 64.3 Å². The van der Waals surface area contributed by atoms with Gasteiger partial charge in [0.2, 0.25) is 5.91 Å².